The summed E-state index contributed by atoms with van der Waals surface area (Å²) in [6, 6.07) is 5.25. The minimum Gasteiger partial charge on any atom is -0.465 e. The molecule has 0 N–H and O–H groups in total. The summed E-state index contributed by atoms with van der Waals surface area (Å²) in [7, 11) is 2.50. The van der Waals surface area contributed by atoms with Gasteiger partial charge in [-0.1, -0.05) is 12.1 Å². The Balaban J connectivity index is 2.62. The third-order valence-electron chi connectivity index (χ3n) is 2.79. The maximum Gasteiger partial charge on any atom is 0.355 e. The fraction of sp³-hybridized carbons (Fsp3) is 0.133. The number of ether oxygens (including phenoxy) is 2. The van der Waals surface area contributed by atoms with Crippen LogP contribution in [0.25, 0.3) is 0 Å². The van der Waals surface area contributed by atoms with E-state index in [0.717, 1.165) is 0 Å². The summed E-state index contributed by atoms with van der Waals surface area (Å²) < 4.78 is 9.50. The molecule has 0 aliphatic carbocycles. The van der Waals surface area contributed by atoms with Crippen LogP contribution >= 0.6 is 0 Å². The molecule has 1 aliphatic rings. The van der Waals surface area contributed by atoms with Gasteiger partial charge in [-0.2, -0.15) is 0 Å². The first kappa shape index (κ1) is 14.5. The second-order valence-electron chi connectivity index (χ2n) is 4.00. The number of methoxy groups -OCH3 is 2. The molecule has 6 heteroatoms. The molecule has 0 saturated carbocycles. The number of aromatic nitrogens is 1. The predicted molar refractivity (Wildman–Crippen MR) is 76.1 cm³/mol. The van der Waals surface area contributed by atoms with Crippen LogP contribution < -0.4 is 4.90 Å². The highest BCUT2D eigenvalue weighted by molar-refractivity contribution is 6.05. The molecule has 0 bridgehead atoms. The zero-order chi connectivity index (χ0) is 15.2. The third-order valence-corrected chi connectivity index (χ3v) is 2.79. The lowest BCUT2D eigenvalue weighted by Crippen LogP contribution is -2.27. The molecule has 0 aromatic carbocycles. The Morgan fingerprint density at radius 3 is 2.48 bits per heavy atom. The number of pyridine rings is 1. The first-order valence-electron chi connectivity index (χ1n) is 6.15. The van der Waals surface area contributed by atoms with Gasteiger partial charge >= 0.3 is 11.9 Å². The Morgan fingerprint density at radius 1 is 1.10 bits per heavy atom. The average molecular weight is 286 g/mol. The Morgan fingerprint density at radius 2 is 1.86 bits per heavy atom. The summed E-state index contributed by atoms with van der Waals surface area (Å²) >= 11 is 0. The Kier molecular flexibility index (Phi) is 4.50. The normalized spacial score (nSPS) is 13.9. The number of hydrogen-bond donors (Lipinski definition) is 0. The van der Waals surface area contributed by atoms with Crippen molar-refractivity contribution in [1.29, 1.82) is 0 Å². The van der Waals surface area contributed by atoms with E-state index in [1.165, 1.54) is 25.2 Å². The Hall–Kier alpha value is -2.89. The quantitative estimate of drug-likeness (QED) is 0.786. The molecule has 2 rings (SSSR count). The lowest BCUT2D eigenvalue weighted by atomic mass is 10.1. The fourth-order valence-corrected chi connectivity index (χ4v) is 1.84. The summed E-state index contributed by atoms with van der Waals surface area (Å²) in [6.07, 6.45) is 8.04. The second-order valence-corrected chi connectivity index (χ2v) is 4.00. The standard InChI is InChI=1S/C15H14N2O4/c1-20-14(18)11-7-4-6-10-17(13(11)15(19)21-2)12-8-3-5-9-16-12/h3-10H,1-2H3. The highest BCUT2D eigenvalue weighted by Crippen LogP contribution is 2.24. The van der Waals surface area contributed by atoms with E-state index in [4.69, 9.17) is 9.47 Å². The van der Waals surface area contributed by atoms with Crippen LogP contribution in [0, 0.1) is 0 Å². The van der Waals surface area contributed by atoms with Crippen LogP contribution in [-0.4, -0.2) is 31.1 Å². The topological polar surface area (TPSA) is 68.7 Å². The van der Waals surface area contributed by atoms with Gasteiger partial charge in [0.1, 0.15) is 11.5 Å². The molecule has 1 aromatic heterocycles. The van der Waals surface area contributed by atoms with Crippen LogP contribution in [-0.2, 0) is 19.1 Å². The van der Waals surface area contributed by atoms with Gasteiger partial charge in [-0.25, -0.2) is 14.6 Å². The first-order valence-corrected chi connectivity index (χ1v) is 6.15. The lowest BCUT2D eigenvalue weighted by molar-refractivity contribution is -0.139. The SMILES string of the molecule is COC(=O)C1=C(C(=O)OC)N(c2ccccn2)C=CC=C1. The van der Waals surface area contributed by atoms with Crippen molar-refractivity contribution in [2.45, 2.75) is 0 Å². The molecule has 1 aliphatic heterocycles. The monoisotopic (exact) mass is 286 g/mol. The van der Waals surface area contributed by atoms with Gasteiger partial charge < -0.3 is 9.47 Å². The second kappa shape index (κ2) is 6.51. The van der Waals surface area contributed by atoms with Crippen molar-refractivity contribution in [3.05, 3.63) is 60.1 Å². The average Bonchev–Trinajstić information content (AvgIpc) is 2.77. The van der Waals surface area contributed by atoms with Gasteiger partial charge in [0.05, 0.1) is 19.8 Å². The number of rotatable bonds is 3. The summed E-state index contributed by atoms with van der Waals surface area (Å²) in [5.41, 5.74) is 0.146. The van der Waals surface area contributed by atoms with Crippen molar-refractivity contribution < 1.29 is 19.1 Å². The van der Waals surface area contributed by atoms with Crippen molar-refractivity contribution in [1.82, 2.24) is 4.98 Å². The summed E-state index contributed by atoms with van der Waals surface area (Å²) in [5, 5.41) is 0. The van der Waals surface area contributed by atoms with Crippen molar-refractivity contribution in [2.75, 3.05) is 19.1 Å². The zero-order valence-electron chi connectivity index (χ0n) is 11.6. The van der Waals surface area contributed by atoms with Gasteiger partial charge in [-0.05, 0) is 24.3 Å². The fourth-order valence-electron chi connectivity index (χ4n) is 1.84. The van der Waals surface area contributed by atoms with Crippen LogP contribution in [0.1, 0.15) is 0 Å². The predicted octanol–water partition coefficient (Wildman–Crippen LogP) is 1.57. The first-order chi connectivity index (χ1) is 10.2. The number of carbonyl (C=O) groups excluding carboxylic acids is 2. The number of hydrogen-bond acceptors (Lipinski definition) is 6. The van der Waals surface area contributed by atoms with Crippen LogP contribution in [0.4, 0.5) is 5.82 Å². The lowest BCUT2D eigenvalue weighted by Gasteiger charge is -2.21. The third kappa shape index (κ3) is 3.00. The van der Waals surface area contributed by atoms with E-state index in [0.29, 0.717) is 5.82 Å². The highest BCUT2D eigenvalue weighted by atomic mass is 16.5. The zero-order valence-corrected chi connectivity index (χ0v) is 11.6. The number of nitrogens with zero attached hydrogens (tertiary/aromatic N) is 2. The van der Waals surface area contributed by atoms with E-state index in [9.17, 15) is 9.59 Å². The summed E-state index contributed by atoms with van der Waals surface area (Å²) in [5.74, 6) is -0.798. The molecule has 0 fully saturated rings. The molecule has 6 nitrogen and oxygen atoms in total. The number of carbonyl (C=O) groups is 2. The van der Waals surface area contributed by atoms with Crippen molar-refractivity contribution >= 4 is 17.8 Å². The van der Waals surface area contributed by atoms with Gasteiger partial charge in [0.25, 0.3) is 0 Å². The summed E-state index contributed by atoms with van der Waals surface area (Å²) in [4.78, 5) is 29.7. The van der Waals surface area contributed by atoms with Gasteiger partial charge in [0.2, 0.25) is 0 Å². The van der Waals surface area contributed by atoms with Crippen LogP contribution in [0.3, 0.4) is 0 Å². The molecule has 21 heavy (non-hydrogen) atoms. The van der Waals surface area contributed by atoms with Gasteiger partial charge in [-0.3, -0.25) is 4.90 Å². The van der Waals surface area contributed by atoms with Gasteiger partial charge in [0, 0.05) is 12.4 Å². The molecule has 1 aromatic rings. The Labute approximate surface area is 122 Å². The minimum absolute atomic E-state index is 0.0491. The van der Waals surface area contributed by atoms with E-state index in [-0.39, 0.29) is 11.3 Å². The number of esters is 2. The van der Waals surface area contributed by atoms with Crippen molar-refractivity contribution in [2.24, 2.45) is 0 Å². The molecule has 0 spiro atoms. The van der Waals surface area contributed by atoms with E-state index >= 15 is 0 Å². The molecule has 0 saturated heterocycles. The molecule has 0 amide bonds. The molecule has 0 radical (unpaired) electrons. The van der Waals surface area contributed by atoms with Crippen LogP contribution in [0.5, 0.6) is 0 Å². The minimum atomic E-state index is -0.655. The van der Waals surface area contributed by atoms with E-state index < -0.39 is 11.9 Å². The molecule has 0 atom stereocenters. The molecule has 108 valence electrons. The maximum atomic E-state index is 12.1. The van der Waals surface area contributed by atoms with E-state index in [2.05, 4.69) is 4.98 Å². The molecular weight excluding hydrogens is 272 g/mol. The molecular formula is C15H14N2O4. The number of anilines is 1. The number of allylic oxidation sites excluding steroid dienone is 2. The van der Waals surface area contributed by atoms with E-state index in [1.54, 1.807) is 42.7 Å². The Bertz CT molecular complexity index is 632. The van der Waals surface area contributed by atoms with Gasteiger partial charge in [0.15, 0.2) is 0 Å². The van der Waals surface area contributed by atoms with Crippen molar-refractivity contribution in [3.63, 3.8) is 0 Å². The van der Waals surface area contributed by atoms with Crippen molar-refractivity contribution in [3.8, 4) is 0 Å². The van der Waals surface area contributed by atoms with Gasteiger partial charge in [-0.15, -0.1) is 0 Å². The largest absolute Gasteiger partial charge is 0.465 e. The highest BCUT2D eigenvalue weighted by Gasteiger charge is 2.27. The summed E-state index contributed by atoms with van der Waals surface area (Å²) in [6.45, 7) is 0. The molecule has 0 unspecified atom stereocenters. The molecule has 2 heterocycles. The van der Waals surface area contributed by atoms with E-state index in [1.807, 2.05) is 0 Å². The maximum absolute atomic E-state index is 12.1. The smallest absolute Gasteiger partial charge is 0.355 e. The van der Waals surface area contributed by atoms with Crippen LogP contribution in [0.15, 0.2) is 60.1 Å². The van der Waals surface area contributed by atoms with Crippen LogP contribution in [0.2, 0.25) is 0 Å².